The van der Waals surface area contributed by atoms with Crippen LogP contribution in [-0.4, -0.2) is 36.3 Å². The SMILES string of the molecule is C[Si](C)(C)[B-]([Si](C)(C)C)([Si](C)(C)C)[Si](C)(C)C. The summed E-state index contributed by atoms with van der Waals surface area (Å²) in [6, 6.07) is 0. The Kier molecular flexibility index (Phi) is 4.74. The summed E-state index contributed by atoms with van der Waals surface area (Å²) < 4.78 is -0.0278. The van der Waals surface area contributed by atoms with E-state index in [0.717, 1.165) is 0 Å². The van der Waals surface area contributed by atoms with Gasteiger partial charge in [-0.2, -0.15) is 0 Å². The molecule has 0 aromatic rings. The third-order valence-electron chi connectivity index (χ3n) is 5.20. The molecule has 0 saturated carbocycles. The Labute approximate surface area is 115 Å². The smallest absolute Gasteiger partial charge is 0.0159 e. The van der Waals surface area contributed by atoms with Gasteiger partial charge in [-0.05, 0) is 0 Å². The van der Waals surface area contributed by atoms with Crippen LogP contribution in [0.15, 0.2) is 0 Å². The topological polar surface area (TPSA) is 0 Å². The lowest BCUT2D eigenvalue weighted by molar-refractivity contribution is 1.72. The minimum Gasteiger partial charge on any atom is -0.106 e. The van der Waals surface area contributed by atoms with Gasteiger partial charge in [-0.25, -0.2) is 0 Å². The Morgan fingerprint density at radius 1 is 0.353 bits per heavy atom. The average molecular weight is 304 g/mol. The van der Waals surface area contributed by atoms with Crippen molar-refractivity contribution in [3.8, 4) is 0 Å². The number of hydrogen-bond donors (Lipinski definition) is 0. The second-order valence-electron chi connectivity index (χ2n) is 10.3. The first kappa shape index (κ1) is 17.9. The molecule has 0 atom stereocenters. The van der Waals surface area contributed by atoms with Gasteiger partial charge < -0.3 is 0 Å². The molecule has 17 heavy (non-hydrogen) atoms. The fourth-order valence-corrected chi connectivity index (χ4v) is 70.1. The maximum atomic E-state index is 2.68. The molecule has 104 valence electrons. The van der Waals surface area contributed by atoms with Crippen LogP contribution in [0.25, 0.3) is 0 Å². The molecule has 0 amide bonds. The van der Waals surface area contributed by atoms with E-state index >= 15 is 0 Å². The quantitative estimate of drug-likeness (QED) is 0.634. The van der Waals surface area contributed by atoms with E-state index in [9.17, 15) is 0 Å². The largest absolute Gasteiger partial charge is 0.106 e. The lowest BCUT2D eigenvalue weighted by Crippen LogP contribution is -2.91. The lowest BCUT2D eigenvalue weighted by Gasteiger charge is -2.71. The lowest BCUT2D eigenvalue weighted by atomic mass is 10.6. The van der Waals surface area contributed by atoms with Crippen molar-refractivity contribution in [2.24, 2.45) is 0 Å². The molecule has 0 aromatic carbocycles. The molecule has 0 aliphatic rings. The highest BCUT2D eigenvalue weighted by Gasteiger charge is 2.59. The van der Waals surface area contributed by atoms with Crippen molar-refractivity contribution in [2.75, 3.05) is 0 Å². The van der Waals surface area contributed by atoms with Crippen molar-refractivity contribution < 1.29 is 0 Å². The zero-order chi connectivity index (χ0) is 14.5. The van der Waals surface area contributed by atoms with Crippen molar-refractivity contribution in [1.82, 2.24) is 0 Å². The highest BCUT2D eigenvalue weighted by molar-refractivity contribution is 8.06. The number of rotatable bonds is 4. The van der Waals surface area contributed by atoms with Crippen LogP contribution < -0.4 is 0 Å². The minimum atomic E-state index is -1.10. The first-order valence-corrected chi connectivity index (χ1v) is 21.5. The number of hydrogen-bond acceptors (Lipinski definition) is 0. The monoisotopic (exact) mass is 303 g/mol. The summed E-state index contributed by atoms with van der Waals surface area (Å²) >= 11 is 0. The third kappa shape index (κ3) is 2.77. The Balaban J connectivity index is 6.37. The Hall–Kier alpha value is 0.932. The fourth-order valence-electron chi connectivity index (χ4n) is 7.79. The first-order valence-electron chi connectivity index (χ1n) is 7.15. The van der Waals surface area contributed by atoms with Crippen LogP contribution in [0.3, 0.4) is 0 Å². The second-order valence-corrected chi connectivity index (χ2v) is 36.2. The molecule has 5 heteroatoms. The summed E-state index contributed by atoms with van der Waals surface area (Å²) in [5.74, 6) is 0. The van der Waals surface area contributed by atoms with Gasteiger partial charge in [0, 0.05) is 4.52 Å². The predicted octanol–water partition coefficient (Wildman–Crippen LogP) is 5.10. The van der Waals surface area contributed by atoms with E-state index in [1.165, 1.54) is 0 Å². The first-order chi connectivity index (χ1) is 7.00. The van der Waals surface area contributed by atoms with E-state index in [4.69, 9.17) is 0 Å². The molecule has 0 spiro atoms. The molecule has 0 radical (unpaired) electrons. The van der Waals surface area contributed by atoms with Crippen molar-refractivity contribution in [1.29, 1.82) is 0 Å². The standard InChI is InChI=1S/C12H36BSi4/c1-14(2,3)13(15(4,5)6,16(7,8)9)17(10,11)12/h1-12H3/q-1. The Morgan fingerprint density at radius 3 is 0.471 bits per heavy atom. The molecule has 0 unspecified atom stereocenters. The minimum absolute atomic E-state index is 0.0278. The van der Waals surface area contributed by atoms with Gasteiger partial charge in [-0.15, -0.1) is 31.8 Å². The normalized spacial score (nSPS) is 16.2. The molecule has 0 bridgehead atoms. The molecule has 0 saturated heterocycles. The molecule has 0 aliphatic heterocycles. The fraction of sp³-hybridized carbons (Fsp3) is 1.00. The second kappa shape index (κ2) is 4.49. The maximum absolute atomic E-state index is 2.68. The summed E-state index contributed by atoms with van der Waals surface area (Å²) in [4.78, 5) is 0. The van der Waals surface area contributed by atoms with Crippen LogP contribution in [0.5, 0.6) is 0 Å². The van der Waals surface area contributed by atoms with Gasteiger partial charge in [0.05, 0.1) is 0 Å². The average Bonchev–Trinajstić information content (AvgIpc) is 1.67. The zero-order valence-electron chi connectivity index (χ0n) is 14.6. The zero-order valence-corrected chi connectivity index (χ0v) is 18.6. The molecule has 0 rings (SSSR count). The van der Waals surface area contributed by atoms with Crippen LogP contribution in [0.2, 0.25) is 78.6 Å². The van der Waals surface area contributed by atoms with Crippen LogP contribution in [0.1, 0.15) is 0 Å². The molecule has 0 heterocycles. The molecular formula is C12H36BSi4-. The van der Waals surface area contributed by atoms with E-state index in [1.54, 1.807) is 0 Å². The Bertz CT molecular complexity index is 211. The maximum Gasteiger partial charge on any atom is 0.0159 e. The molecule has 0 N–H and O–H groups in total. The predicted molar refractivity (Wildman–Crippen MR) is 99.1 cm³/mol. The van der Waals surface area contributed by atoms with Crippen molar-refractivity contribution >= 4 is 36.3 Å². The summed E-state index contributed by atoms with van der Waals surface area (Å²) in [7, 11) is -4.38. The van der Waals surface area contributed by atoms with Crippen molar-refractivity contribution in [2.45, 2.75) is 78.6 Å². The van der Waals surface area contributed by atoms with Crippen molar-refractivity contribution in [3.63, 3.8) is 0 Å². The highest BCUT2D eigenvalue weighted by Crippen LogP contribution is 2.42. The van der Waals surface area contributed by atoms with Gasteiger partial charge in [0.15, 0.2) is 0 Å². The van der Waals surface area contributed by atoms with Gasteiger partial charge in [0.2, 0.25) is 0 Å². The molecule has 0 aromatic heterocycles. The van der Waals surface area contributed by atoms with Crippen LogP contribution in [-0.2, 0) is 0 Å². The van der Waals surface area contributed by atoms with E-state index in [-0.39, 0.29) is 4.52 Å². The van der Waals surface area contributed by atoms with Crippen LogP contribution >= 0.6 is 0 Å². The van der Waals surface area contributed by atoms with Gasteiger partial charge in [-0.1, -0.05) is 78.6 Å². The van der Waals surface area contributed by atoms with Gasteiger partial charge in [0.25, 0.3) is 0 Å². The highest BCUT2D eigenvalue weighted by atomic mass is 28.5. The van der Waals surface area contributed by atoms with E-state index in [2.05, 4.69) is 78.6 Å². The molecule has 0 nitrogen and oxygen atoms in total. The molecular weight excluding hydrogens is 267 g/mol. The summed E-state index contributed by atoms with van der Waals surface area (Å²) in [5, 5.41) is 0. The van der Waals surface area contributed by atoms with Gasteiger partial charge >= 0.3 is 0 Å². The third-order valence-corrected chi connectivity index (χ3v) is 46.8. The molecule has 0 aliphatic carbocycles. The van der Waals surface area contributed by atoms with Crippen LogP contribution in [0.4, 0.5) is 0 Å². The Morgan fingerprint density at radius 2 is 0.471 bits per heavy atom. The van der Waals surface area contributed by atoms with Crippen molar-refractivity contribution in [3.05, 3.63) is 0 Å². The van der Waals surface area contributed by atoms with Crippen LogP contribution in [0, 0.1) is 0 Å². The molecule has 0 fully saturated rings. The summed E-state index contributed by atoms with van der Waals surface area (Å²) in [5.41, 5.74) is 0. The van der Waals surface area contributed by atoms with E-state index < -0.39 is 31.8 Å². The summed E-state index contributed by atoms with van der Waals surface area (Å²) in [6.45, 7) is 32.2. The van der Waals surface area contributed by atoms with E-state index in [1.807, 2.05) is 0 Å². The van der Waals surface area contributed by atoms with Gasteiger partial charge in [-0.3, -0.25) is 0 Å². The van der Waals surface area contributed by atoms with Gasteiger partial charge in [0.1, 0.15) is 0 Å². The van der Waals surface area contributed by atoms with E-state index in [0.29, 0.717) is 0 Å². The summed E-state index contributed by atoms with van der Waals surface area (Å²) in [6.07, 6.45) is 0.